The zero-order chi connectivity index (χ0) is 17.3. The predicted octanol–water partition coefficient (Wildman–Crippen LogP) is 2.92. The second-order valence-electron chi connectivity index (χ2n) is 5.22. The van der Waals surface area contributed by atoms with Gasteiger partial charge in [0.2, 0.25) is 0 Å². The molecule has 0 aliphatic carbocycles. The van der Waals surface area contributed by atoms with Crippen molar-refractivity contribution in [1.29, 1.82) is 0 Å². The van der Waals surface area contributed by atoms with Crippen LogP contribution in [0.2, 0.25) is 5.02 Å². The van der Waals surface area contributed by atoms with E-state index in [1.165, 1.54) is 23.4 Å². The van der Waals surface area contributed by atoms with Crippen molar-refractivity contribution in [3.63, 3.8) is 0 Å². The van der Waals surface area contributed by atoms with E-state index in [0.717, 1.165) is 17.0 Å². The number of aryl methyl sites for hydroxylation is 1. The number of carboxylic acids is 1. The Hall–Kier alpha value is -2.93. The third-order valence-corrected chi connectivity index (χ3v) is 3.96. The Labute approximate surface area is 142 Å². The lowest BCUT2D eigenvalue weighted by Crippen LogP contribution is -2.04. The Bertz CT molecular complexity index is 928. The summed E-state index contributed by atoms with van der Waals surface area (Å²) in [4.78, 5) is 11.2. The summed E-state index contributed by atoms with van der Waals surface area (Å²) in [5.41, 5.74) is 3.51. The first-order chi connectivity index (χ1) is 11.5. The molecule has 2 heterocycles. The number of rotatable bonds is 4. The number of carbonyl (C=O) groups is 1. The van der Waals surface area contributed by atoms with Gasteiger partial charge >= 0.3 is 5.97 Å². The molecular weight excluding hydrogens is 330 g/mol. The summed E-state index contributed by atoms with van der Waals surface area (Å²) < 4.78 is 3.40. The monoisotopic (exact) mass is 343 g/mol. The molecule has 0 amide bonds. The first-order valence-corrected chi connectivity index (χ1v) is 7.46. The van der Waals surface area contributed by atoms with Crippen molar-refractivity contribution >= 4 is 23.8 Å². The highest BCUT2D eigenvalue weighted by atomic mass is 35.5. The molecule has 0 saturated heterocycles. The van der Waals surface area contributed by atoms with E-state index in [1.54, 1.807) is 18.3 Å². The fourth-order valence-electron chi connectivity index (χ4n) is 2.49. The van der Waals surface area contributed by atoms with Gasteiger partial charge in [-0.05, 0) is 38.1 Å². The lowest BCUT2D eigenvalue weighted by molar-refractivity contribution is 0.0697. The fraction of sp³-hybridized carbons (Fsp3) is 0.125. The van der Waals surface area contributed by atoms with Gasteiger partial charge in [0.05, 0.1) is 22.5 Å². The number of hydrogen-bond donors (Lipinski definition) is 1. The molecule has 0 saturated carbocycles. The van der Waals surface area contributed by atoms with Crippen LogP contribution in [0.15, 0.2) is 42.0 Å². The molecule has 2 aromatic heterocycles. The molecule has 0 fully saturated rings. The standard InChI is InChI=1S/C16H14ClN5O2/c1-10-5-13(7-20-21-8-18-19-9-21)11(2)22(10)15-6-12(16(23)24)3-4-14(15)17/h3-9H,1-2H3,(H,23,24)/b20-7-. The summed E-state index contributed by atoms with van der Waals surface area (Å²) in [5, 5.41) is 21.3. The van der Waals surface area contributed by atoms with E-state index in [1.807, 2.05) is 24.5 Å². The molecule has 122 valence electrons. The summed E-state index contributed by atoms with van der Waals surface area (Å²) in [6.07, 6.45) is 4.67. The average Bonchev–Trinajstić information content (AvgIpc) is 3.14. The van der Waals surface area contributed by atoms with Gasteiger partial charge in [-0.25, -0.2) is 9.47 Å². The van der Waals surface area contributed by atoms with Crippen LogP contribution < -0.4 is 0 Å². The van der Waals surface area contributed by atoms with Gasteiger partial charge in [-0.15, -0.1) is 10.2 Å². The highest BCUT2D eigenvalue weighted by molar-refractivity contribution is 6.32. The summed E-state index contributed by atoms with van der Waals surface area (Å²) in [6, 6.07) is 6.58. The third-order valence-electron chi connectivity index (χ3n) is 3.64. The third kappa shape index (κ3) is 2.93. The van der Waals surface area contributed by atoms with Crippen LogP contribution in [0.3, 0.4) is 0 Å². The van der Waals surface area contributed by atoms with Crippen LogP contribution in [0.25, 0.3) is 5.69 Å². The molecule has 3 rings (SSSR count). The van der Waals surface area contributed by atoms with Crippen molar-refractivity contribution in [1.82, 2.24) is 19.4 Å². The minimum atomic E-state index is -0.996. The van der Waals surface area contributed by atoms with Crippen LogP contribution >= 0.6 is 11.6 Å². The number of benzene rings is 1. The summed E-state index contributed by atoms with van der Waals surface area (Å²) >= 11 is 6.28. The smallest absolute Gasteiger partial charge is 0.335 e. The van der Waals surface area contributed by atoms with Crippen LogP contribution in [-0.2, 0) is 0 Å². The van der Waals surface area contributed by atoms with Gasteiger partial charge in [0, 0.05) is 17.0 Å². The second-order valence-corrected chi connectivity index (χ2v) is 5.63. The SMILES string of the molecule is Cc1cc(/C=N\n2cnnc2)c(C)n1-c1cc(C(=O)O)ccc1Cl. The Morgan fingerprint density at radius 2 is 1.96 bits per heavy atom. The van der Waals surface area contributed by atoms with Gasteiger partial charge in [-0.2, -0.15) is 5.10 Å². The molecule has 1 N–H and O–H groups in total. The molecule has 8 heteroatoms. The maximum atomic E-state index is 11.2. The van der Waals surface area contributed by atoms with E-state index in [2.05, 4.69) is 15.3 Å². The van der Waals surface area contributed by atoms with Crippen LogP contribution in [-0.4, -0.2) is 36.7 Å². The Balaban J connectivity index is 2.07. The zero-order valence-corrected chi connectivity index (χ0v) is 13.8. The van der Waals surface area contributed by atoms with E-state index in [-0.39, 0.29) is 5.56 Å². The minimum Gasteiger partial charge on any atom is -0.478 e. The van der Waals surface area contributed by atoms with Crippen LogP contribution in [0.4, 0.5) is 0 Å². The van der Waals surface area contributed by atoms with E-state index in [4.69, 9.17) is 11.6 Å². The molecule has 3 aromatic rings. The van der Waals surface area contributed by atoms with Crippen LogP contribution in [0, 0.1) is 13.8 Å². The fourth-order valence-corrected chi connectivity index (χ4v) is 2.69. The van der Waals surface area contributed by atoms with Crippen molar-refractivity contribution in [2.45, 2.75) is 13.8 Å². The van der Waals surface area contributed by atoms with Crippen LogP contribution in [0.5, 0.6) is 0 Å². The molecule has 24 heavy (non-hydrogen) atoms. The van der Waals surface area contributed by atoms with Crippen molar-refractivity contribution in [2.75, 3.05) is 0 Å². The molecule has 0 radical (unpaired) electrons. The molecule has 1 aromatic carbocycles. The van der Waals surface area contributed by atoms with Gasteiger partial charge in [-0.3, -0.25) is 0 Å². The molecule has 0 spiro atoms. The number of aromatic carboxylic acids is 1. The maximum Gasteiger partial charge on any atom is 0.335 e. The number of carboxylic acid groups (broad SMARTS) is 1. The van der Waals surface area contributed by atoms with Crippen molar-refractivity contribution in [3.05, 3.63) is 64.5 Å². The normalized spacial score (nSPS) is 11.3. The lowest BCUT2D eigenvalue weighted by atomic mass is 10.2. The molecule has 0 aliphatic rings. The number of hydrogen-bond acceptors (Lipinski definition) is 4. The Morgan fingerprint density at radius 1 is 1.25 bits per heavy atom. The maximum absolute atomic E-state index is 11.2. The van der Waals surface area contributed by atoms with Crippen molar-refractivity contribution in [2.24, 2.45) is 5.10 Å². The van der Waals surface area contributed by atoms with Crippen LogP contribution in [0.1, 0.15) is 27.3 Å². The number of halogens is 1. The summed E-state index contributed by atoms with van der Waals surface area (Å²) in [5.74, 6) is -0.996. The molecular formula is C16H14ClN5O2. The zero-order valence-electron chi connectivity index (χ0n) is 13.0. The minimum absolute atomic E-state index is 0.182. The lowest BCUT2D eigenvalue weighted by Gasteiger charge is -2.12. The first kappa shape index (κ1) is 15.9. The molecule has 0 bridgehead atoms. The largest absolute Gasteiger partial charge is 0.478 e. The highest BCUT2D eigenvalue weighted by Crippen LogP contribution is 2.27. The molecule has 7 nitrogen and oxygen atoms in total. The Morgan fingerprint density at radius 3 is 2.62 bits per heavy atom. The molecule has 0 unspecified atom stereocenters. The quantitative estimate of drug-likeness (QED) is 0.738. The van der Waals surface area contributed by atoms with Gasteiger partial charge < -0.3 is 9.67 Å². The van der Waals surface area contributed by atoms with Gasteiger partial charge in [0.1, 0.15) is 12.7 Å². The summed E-state index contributed by atoms with van der Waals surface area (Å²) in [6.45, 7) is 3.84. The van der Waals surface area contributed by atoms with E-state index in [9.17, 15) is 9.90 Å². The van der Waals surface area contributed by atoms with Gasteiger partial charge in [0.15, 0.2) is 0 Å². The molecule has 0 aliphatic heterocycles. The highest BCUT2D eigenvalue weighted by Gasteiger charge is 2.14. The predicted molar refractivity (Wildman–Crippen MR) is 90.2 cm³/mol. The number of nitrogens with zero attached hydrogens (tertiary/aromatic N) is 5. The first-order valence-electron chi connectivity index (χ1n) is 7.08. The van der Waals surface area contributed by atoms with E-state index >= 15 is 0 Å². The van der Waals surface area contributed by atoms with Crippen molar-refractivity contribution in [3.8, 4) is 5.69 Å². The second kappa shape index (κ2) is 6.29. The van der Waals surface area contributed by atoms with Crippen molar-refractivity contribution < 1.29 is 9.90 Å². The van der Waals surface area contributed by atoms with E-state index in [0.29, 0.717) is 10.7 Å². The summed E-state index contributed by atoms with van der Waals surface area (Å²) in [7, 11) is 0. The number of aromatic nitrogens is 4. The van der Waals surface area contributed by atoms with Gasteiger partial charge in [-0.1, -0.05) is 11.6 Å². The Kier molecular flexibility index (Phi) is 4.18. The van der Waals surface area contributed by atoms with E-state index < -0.39 is 5.97 Å². The van der Waals surface area contributed by atoms with Gasteiger partial charge in [0.25, 0.3) is 0 Å². The average molecular weight is 344 g/mol. The topological polar surface area (TPSA) is 85.3 Å². The molecule has 0 atom stereocenters.